The number of rotatable bonds is 4. The summed E-state index contributed by atoms with van der Waals surface area (Å²) in [6.45, 7) is 7.40. The van der Waals surface area contributed by atoms with Gasteiger partial charge >= 0.3 is 0 Å². The van der Waals surface area contributed by atoms with Crippen molar-refractivity contribution in [1.82, 2.24) is 5.32 Å². The van der Waals surface area contributed by atoms with E-state index in [0.717, 1.165) is 22.9 Å². The highest BCUT2D eigenvalue weighted by molar-refractivity contribution is 5.89. The van der Waals surface area contributed by atoms with E-state index < -0.39 is 0 Å². The van der Waals surface area contributed by atoms with Crippen LogP contribution in [0.4, 0.5) is 0 Å². The third-order valence-corrected chi connectivity index (χ3v) is 3.23. The maximum absolute atomic E-state index is 10.3. The molecule has 0 radical (unpaired) electrons. The molecule has 0 saturated carbocycles. The van der Waals surface area contributed by atoms with Gasteiger partial charge < -0.3 is 10.4 Å². The zero-order chi connectivity index (χ0) is 13.1. The van der Waals surface area contributed by atoms with E-state index in [0.29, 0.717) is 11.7 Å². The van der Waals surface area contributed by atoms with Gasteiger partial charge in [-0.3, -0.25) is 0 Å². The maximum Gasteiger partial charge on any atom is 0.128 e. The Kier molecular flexibility index (Phi) is 3.87. The lowest BCUT2D eigenvalue weighted by Gasteiger charge is -2.18. The lowest BCUT2D eigenvalue weighted by Crippen LogP contribution is -2.23. The molecule has 2 N–H and O–H groups in total. The molecule has 0 aliphatic carbocycles. The fourth-order valence-electron chi connectivity index (χ4n) is 2.14. The molecule has 0 spiro atoms. The summed E-state index contributed by atoms with van der Waals surface area (Å²) in [4.78, 5) is 0. The topological polar surface area (TPSA) is 32.3 Å². The summed E-state index contributed by atoms with van der Waals surface area (Å²) in [6.07, 6.45) is 0. The van der Waals surface area contributed by atoms with Crippen LogP contribution < -0.4 is 5.32 Å². The summed E-state index contributed by atoms with van der Waals surface area (Å²) in [7, 11) is 0. The van der Waals surface area contributed by atoms with Crippen LogP contribution in [-0.2, 0) is 0 Å². The zero-order valence-electron chi connectivity index (χ0n) is 11.3. The Hall–Kier alpha value is -1.54. The first-order valence-corrected chi connectivity index (χ1v) is 6.53. The summed E-state index contributed by atoms with van der Waals surface area (Å²) in [5.74, 6) is 1.01. The Morgan fingerprint density at radius 1 is 1.06 bits per heavy atom. The van der Waals surface area contributed by atoms with Crippen molar-refractivity contribution >= 4 is 10.8 Å². The summed E-state index contributed by atoms with van der Waals surface area (Å²) in [5, 5.41) is 15.8. The molecule has 0 fully saturated rings. The molecule has 2 aromatic carbocycles. The summed E-state index contributed by atoms with van der Waals surface area (Å²) < 4.78 is 0. The van der Waals surface area contributed by atoms with Gasteiger partial charge in [-0.15, -0.1) is 0 Å². The number of aromatic hydroxyl groups is 1. The quantitative estimate of drug-likeness (QED) is 0.854. The van der Waals surface area contributed by atoms with Gasteiger partial charge in [-0.2, -0.15) is 0 Å². The molecule has 1 atom stereocenters. The first kappa shape index (κ1) is 12.9. The van der Waals surface area contributed by atoms with E-state index in [1.807, 2.05) is 30.3 Å². The van der Waals surface area contributed by atoms with Gasteiger partial charge in [0, 0.05) is 17.0 Å². The molecule has 0 aromatic heterocycles. The van der Waals surface area contributed by atoms with Gasteiger partial charge in [-0.1, -0.05) is 50.2 Å². The van der Waals surface area contributed by atoms with E-state index in [1.54, 1.807) is 0 Å². The number of phenolic OH excluding ortho intramolecular Hbond substituents is 1. The highest BCUT2D eigenvalue weighted by Gasteiger charge is 2.12. The van der Waals surface area contributed by atoms with Crippen LogP contribution in [0.1, 0.15) is 32.4 Å². The molecule has 0 bridgehead atoms. The molecule has 0 heterocycles. The Morgan fingerprint density at radius 3 is 2.50 bits per heavy atom. The van der Waals surface area contributed by atoms with E-state index in [-0.39, 0.29) is 6.04 Å². The number of phenols is 1. The van der Waals surface area contributed by atoms with Crippen molar-refractivity contribution in [3.63, 3.8) is 0 Å². The number of fused-ring (bicyclic) bond motifs is 1. The molecule has 18 heavy (non-hydrogen) atoms. The van der Waals surface area contributed by atoms with Gasteiger partial charge in [-0.05, 0) is 24.8 Å². The van der Waals surface area contributed by atoms with Gasteiger partial charge in [0.15, 0.2) is 0 Å². The second-order valence-electron chi connectivity index (χ2n) is 5.25. The Labute approximate surface area is 109 Å². The van der Waals surface area contributed by atoms with Crippen molar-refractivity contribution in [2.45, 2.75) is 26.8 Å². The van der Waals surface area contributed by atoms with Crippen LogP contribution in [0, 0.1) is 5.92 Å². The lowest BCUT2D eigenvalue weighted by molar-refractivity contribution is 0.447. The second kappa shape index (κ2) is 5.40. The minimum atomic E-state index is 0.164. The molecular weight excluding hydrogens is 222 g/mol. The van der Waals surface area contributed by atoms with Gasteiger partial charge in [0.2, 0.25) is 0 Å². The van der Waals surface area contributed by atoms with E-state index in [9.17, 15) is 5.11 Å². The van der Waals surface area contributed by atoms with Crippen LogP contribution in [0.5, 0.6) is 5.75 Å². The van der Waals surface area contributed by atoms with Gasteiger partial charge in [0.05, 0.1) is 0 Å². The molecule has 2 nitrogen and oxygen atoms in total. The van der Waals surface area contributed by atoms with Crippen molar-refractivity contribution < 1.29 is 5.11 Å². The van der Waals surface area contributed by atoms with Crippen LogP contribution in [0.3, 0.4) is 0 Å². The van der Waals surface area contributed by atoms with Crippen LogP contribution in [0.15, 0.2) is 36.4 Å². The highest BCUT2D eigenvalue weighted by Crippen LogP contribution is 2.32. The SMILES string of the molecule is CC(C)CNC(C)c1ccc2ccccc2c1O. The number of nitrogens with one attached hydrogen (secondary N) is 1. The van der Waals surface area contributed by atoms with Crippen molar-refractivity contribution in [3.05, 3.63) is 42.0 Å². The normalized spacial score (nSPS) is 13.1. The molecule has 2 heteroatoms. The van der Waals surface area contributed by atoms with Gasteiger partial charge in [-0.25, -0.2) is 0 Å². The van der Waals surface area contributed by atoms with Gasteiger partial charge in [0.1, 0.15) is 5.75 Å². The Morgan fingerprint density at radius 2 is 1.78 bits per heavy atom. The van der Waals surface area contributed by atoms with Crippen LogP contribution in [0.25, 0.3) is 10.8 Å². The average molecular weight is 243 g/mol. The molecule has 0 amide bonds. The predicted molar refractivity (Wildman–Crippen MR) is 76.9 cm³/mol. The van der Waals surface area contributed by atoms with E-state index in [2.05, 4.69) is 32.2 Å². The van der Waals surface area contributed by atoms with Crippen molar-refractivity contribution in [2.24, 2.45) is 5.92 Å². The van der Waals surface area contributed by atoms with E-state index in [4.69, 9.17) is 0 Å². The minimum absolute atomic E-state index is 0.164. The molecule has 96 valence electrons. The Bertz CT molecular complexity index is 534. The predicted octanol–water partition coefficient (Wildman–Crippen LogP) is 3.85. The molecule has 0 aliphatic heterocycles. The molecule has 2 rings (SSSR count). The minimum Gasteiger partial charge on any atom is -0.507 e. The van der Waals surface area contributed by atoms with Gasteiger partial charge in [0.25, 0.3) is 0 Å². The highest BCUT2D eigenvalue weighted by atomic mass is 16.3. The molecule has 1 unspecified atom stereocenters. The summed E-state index contributed by atoms with van der Waals surface area (Å²) in [5.41, 5.74) is 0.967. The number of benzene rings is 2. The molecule has 0 aliphatic rings. The van der Waals surface area contributed by atoms with E-state index >= 15 is 0 Å². The maximum atomic E-state index is 10.3. The average Bonchev–Trinajstić information content (AvgIpc) is 2.37. The van der Waals surface area contributed by atoms with E-state index in [1.165, 1.54) is 0 Å². The van der Waals surface area contributed by atoms with Crippen LogP contribution in [-0.4, -0.2) is 11.7 Å². The largest absolute Gasteiger partial charge is 0.507 e. The fraction of sp³-hybridized carbons (Fsp3) is 0.375. The first-order chi connectivity index (χ1) is 8.59. The van der Waals surface area contributed by atoms with Crippen LogP contribution >= 0.6 is 0 Å². The van der Waals surface area contributed by atoms with Crippen molar-refractivity contribution in [2.75, 3.05) is 6.54 Å². The first-order valence-electron chi connectivity index (χ1n) is 6.53. The summed E-state index contributed by atoms with van der Waals surface area (Å²) >= 11 is 0. The van der Waals surface area contributed by atoms with Crippen molar-refractivity contribution in [3.8, 4) is 5.75 Å². The monoisotopic (exact) mass is 243 g/mol. The third-order valence-electron chi connectivity index (χ3n) is 3.23. The van der Waals surface area contributed by atoms with Crippen LogP contribution in [0.2, 0.25) is 0 Å². The number of hydrogen-bond acceptors (Lipinski definition) is 2. The molecule has 2 aromatic rings. The number of hydrogen-bond donors (Lipinski definition) is 2. The van der Waals surface area contributed by atoms with Crippen molar-refractivity contribution in [1.29, 1.82) is 0 Å². The standard InChI is InChI=1S/C16H21NO/c1-11(2)10-17-12(3)14-9-8-13-6-4-5-7-15(13)16(14)18/h4-9,11-12,17-18H,10H2,1-3H3. The molecular formula is C16H21NO. The second-order valence-corrected chi connectivity index (χ2v) is 5.25. The third kappa shape index (κ3) is 2.65. The lowest BCUT2D eigenvalue weighted by atomic mass is 10.0. The summed E-state index contributed by atoms with van der Waals surface area (Å²) in [6, 6.07) is 12.2. The smallest absolute Gasteiger partial charge is 0.128 e. The molecule has 0 saturated heterocycles. The Balaban J connectivity index is 2.31. The fourth-order valence-corrected chi connectivity index (χ4v) is 2.14. The zero-order valence-corrected chi connectivity index (χ0v) is 11.3.